The van der Waals surface area contributed by atoms with E-state index in [0.717, 1.165) is 51.5 Å². The van der Waals surface area contributed by atoms with Crippen LogP contribution in [0.4, 0.5) is 4.39 Å². The molecule has 0 aliphatic carbocycles. The molecule has 8 nitrogen and oxygen atoms in total. The second kappa shape index (κ2) is 11.9. The van der Waals surface area contributed by atoms with Gasteiger partial charge >= 0.3 is 0 Å². The first-order chi connectivity index (χ1) is 15.0. The third-order valence-corrected chi connectivity index (χ3v) is 5.14. The number of carbonyl (C=O) groups excluding carboxylic acids is 1. The number of oxazole rings is 1. The topological polar surface area (TPSA) is 74.1 Å². The fraction of sp³-hybridized carbons (Fsp3) is 0.545. The summed E-state index contributed by atoms with van der Waals surface area (Å²) in [7, 11) is 3.90. The zero-order chi connectivity index (χ0) is 22.1. The highest BCUT2D eigenvalue weighted by Gasteiger charge is 2.17. The highest BCUT2D eigenvalue weighted by atomic mass is 19.1. The zero-order valence-electron chi connectivity index (χ0n) is 18.3. The van der Waals surface area contributed by atoms with Gasteiger partial charge in [0.15, 0.2) is 5.69 Å². The lowest BCUT2D eigenvalue weighted by Crippen LogP contribution is -2.41. The summed E-state index contributed by atoms with van der Waals surface area (Å²) in [5.74, 6) is -0.00154. The number of hydrogen-bond acceptors (Lipinski definition) is 7. The van der Waals surface area contributed by atoms with Crippen LogP contribution < -0.4 is 5.32 Å². The number of morpholine rings is 1. The molecule has 2 heterocycles. The Labute approximate surface area is 183 Å². The minimum absolute atomic E-state index is 0.241. The van der Waals surface area contributed by atoms with E-state index in [1.807, 2.05) is 19.0 Å². The number of aromatic nitrogens is 1. The monoisotopic (exact) mass is 433 g/mol. The molecular formula is C22H32FN5O3. The van der Waals surface area contributed by atoms with Crippen LogP contribution in [-0.2, 0) is 17.8 Å². The maximum Gasteiger partial charge on any atom is 0.273 e. The Morgan fingerprint density at radius 3 is 2.61 bits per heavy atom. The van der Waals surface area contributed by atoms with Gasteiger partial charge in [0.25, 0.3) is 5.91 Å². The molecular weight excluding hydrogens is 401 g/mol. The number of nitrogens with one attached hydrogen (secondary N) is 1. The average molecular weight is 434 g/mol. The van der Waals surface area contributed by atoms with E-state index >= 15 is 0 Å². The molecule has 1 fully saturated rings. The fourth-order valence-electron chi connectivity index (χ4n) is 3.33. The van der Waals surface area contributed by atoms with Crippen LogP contribution >= 0.6 is 0 Å². The first kappa shape index (κ1) is 23.3. The van der Waals surface area contributed by atoms with Gasteiger partial charge < -0.3 is 19.4 Å². The lowest BCUT2D eigenvalue weighted by Gasteiger charge is -2.29. The molecule has 1 aromatic heterocycles. The van der Waals surface area contributed by atoms with Crippen LogP contribution in [0.2, 0.25) is 0 Å². The van der Waals surface area contributed by atoms with E-state index in [9.17, 15) is 9.18 Å². The molecule has 31 heavy (non-hydrogen) atoms. The maximum atomic E-state index is 13.3. The quantitative estimate of drug-likeness (QED) is 0.575. The van der Waals surface area contributed by atoms with E-state index in [0.29, 0.717) is 25.5 Å². The predicted molar refractivity (Wildman–Crippen MR) is 115 cm³/mol. The number of benzene rings is 1. The molecule has 1 saturated heterocycles. The lowest BCUT2D eigenvalue weighted by atomic mass is 10.2. The molecule has 170 valence electrons. The van der Waals surface area contributed by atoms with Crippen LogP contribution in [0.15, 0.2) is 34.9 Å². The highest BCUT2D eigenvalue weighted by Crippen LogP contribution is 2.12. The Bertz CT molecular complexity index is 806. The van der Waals surface area contributed by atoms with Crippen molar-refractivity contribution in [3.05, 3.63) is 53.5 Å². The molecule has 0 saturated carbocycles. The van der Waals surface area contributed by atoms with Crippen LogP contribution in [0, 0.1) is 5.82 Å². The Hall–Kier alpha value is -2.33. The molecule has 9 heteroatoms. The number of hydrogen-bond donors (Lipinski definition) is 1. The van der Waals surface area contributed by atoms with E-state index in [1.54, 1.807) is 12.1 Å². The molecule has 0 bridgehead atoms. The number of halogens is 1. The smallest absolute Gasteiger partial charge is 0.273 e. The van der Waals surface area contributed by atoms with Gasteiger partial charge in [0.05, 0.1) is 19.8 Å². The van der Waals surface area contributed by atoms with Crippen molar-refractivity contribution in [2.24, 2.45) is 0 Å². The molecule has 1 aliphatic heterocycles. The molecule has 0 atom stereocenters. The number of ether oxygens (including phenoxy) is 1. The van der Waals surface area contributed by atoms with Crippen molar-refractivity contribution in [3.8, 4) is 0 Å². The third kappa shape index (κ3) is 8.02. The summed E-state index contributed by atoms with van der Waals surface area (Å²) >= 11 is 0. The Balaban J connectivity index is 1.59. The Kier molecular flexibility index (Phi) is 8.96. The lowest BCUT2D eigenvalue weighted by molar-refractivity contribution is 0.0320. The first-order valence-electron chi connectivity index (χ1n) is 10.6. The molecule has 0 radical (unpaired) electrons. The minimum Gasteiger partial charge on any atom is -0.447 e. The summed E-state index contributed by atoms with van der Waals surface area (Å²) in [5, 5.41) is 2.84. The van der Waals surface area contributed by atoms with E-state index in [1.165, 1.54) is 18.4 Å². The van der Waals surface area contributed by atoms with Gasteiger partial charge in [-0.2, -0.15) is 0 Å². The van der Waals surface area contributed by atoms with Crippen LogP contribution in [0.3, 0.4) is 0 Å². The van der Waals surface area contributed by atoms with Crippen molar-refractivity contribution in [2.45, 2.75) is 13.1 Å². The number of amides is 1. The van der Waals surface area contributed by atoms with Gasteiger partial charge in [0, 0.05) is 45.8 Å². The second-order valence-corrected chi connectivity index (χ2v) is 7.98. The number of carbonyl (C=O) groups is 1. The number of rotatable bonds is 11. The Morgan fingerprint density at radius 2 is 1.90 bits per heavy atom. The molecule has 3 rings (SSSR count). The van der Waals surface area contributed by atoms with Gasteiger partial charge in [-0.1, -0.05) is 12.1 Å². The van der Waals surface area contributed by atoms with Crippen molar-refractivity contribution in [3.63, 3.8) is 0 Å². The normalized spacial score (nSPS) is 15.0. The first-order valence-corrected chi connectivity index (χ1v) is 10.6. The van der Waals surface area contributed by atoms with Gasteiger partial charge in [0.2, 0.25) is 5.89 Å². The Morgan fingerprint density at radius 1 is 1.16 bits per heavy atom. The molecule has 2 aromatic rings. The van der Waals surface area contributed by atoms with Gasteiger partial charge in [0.1, 0.15) is 12.1 Å². The van der Waals surface area contributed by atoms with Crippen molar-refractivity contribution < 1.29 is 18.3 Å². The molecule has 1 amide bonds. The van der Waals surface area contributed by atoms with E-state index < -0.39 is 0 Å². The van der Waals surface area contributed by atoms with Gasteiger partial charge in [-0.15, -0.1) is 0 Å². The number of nitrogens with zero attached hydrogens (tertiary/aromatic N) is 4. The average Bonchev–Trinajstić information content (AvgIpc) is 3.23. The van der Waals surface area contributed by atoms with Gasteiger partial charge in [-0.3, -0.25) is 14.6 Å². The second-order valence-electron chi connectivity index (χ2n) is 7.98. The SMILES string of the molecule is CN(C)CCNC(=O)c1coc(CN(CCN2CCOCC2)Cc2ccc(F)cc2)n1. The van der Waals surface area contributed by atoms with E-state index in [-0.39, 0.29) is 17.4 Å². The van der Waals surface area contributed by atoms with Crippen LogP contribution in [-0.4, -0.2) is 92.2 Å². The van der Waals surface area contributed by atoms with Gasteiger partial charge in [-0.25, -0.2) is 9.37 Å². The summed E-state index contributed by atoms with van der Waals surface area (Å²) in [6.45, 7) is 7.43. The molecule has 0 spiro atoms. The summed E-state index contributed by atoms with van der Waals surface area (Å²) in [6.07, 6.45) is 1.40. The molecule has 0 unspecified atom stereocenters. The van der Waals surface area contributed by atoms with Crippen LogP contribution in [0.25, 0.3) is 0 Å². The van der Waals surface area contributed by atoms with Crippen molar-refractivity contribution >= 4 is 5.91 Å². The van der Waals surface area contributed by atoms with Crippen molar-refractivity contribution in [2.75, 3.05) is 66.6 Å². The van der Waals surface area contributed by atoms with E-state index in [4.69, 9.17) is 9.15 Å². The summed E-state index contributed by atoms with van der Waals surface area (Å²) < 4.78 is 24.3. The van der Waals surface area contributed by atoms with Gasteiger partial charge in [-0.05, 0) is 31.8 Å². The minimum atomic E-state index is -0.249. The van der Waals surface area contributed by atoms with Crippen molar-refractivity contribution in [1.82, 2.24) is 25.0 Å². The number of likely N-dealkylation sites (N-methyl/N-ethyl adjacent to an activating group) is 1. The molecule has 1 aromatic carbocycles. The standard InChI is InChI=1S/C22H32FN5O3/c1-26(2)8-7-24-22(29)20-17-31-21(25-20)16-28(10-9-27-11-13-30-14-12-27)15-18-3-5-19(23)6-4-18/h3-6,17H,7-16H2,1-2H3,(H,24,29). The van der Waals surface area contributed by atoms with Crippen LogP contribution in [0.5, 0.6) is 0 Å². The van der Waals surface area contributed by atoms with Crippen molar-refractivity contribution in [1.29, 1.82) is 0 Å². The summed E-state index contributed by atoms with van der Waals surface area (Å²) in [5.41, 5.74) is 1.29. The summed E-state index contributed by atoms with van der Waals surface area (Å²) in [4.78, 5) is 23.2. The highest BCUT2D eigenvalue weighted by molar-refractivity contribution is 5.91. The fourth-order valence-corrected chi connectivity index (χ4v) is 3.33. The van der Waals surface area contributed by atoms with Crippen LogP contribution in [0.1, 0.15) is 21.9 Å². The molecule has 1 aliphatic rings. The van der Waals surface area contributed by atoms with E-state index in [2.05, 4.69) is 20.1 Å². The summed E-state index contributed by atoms with van der Waals surface area (Å²) in [6, 6.07) is 6.51. The third-order valence-electron chi connectivity index (χ3n) is 5.14. The predicted octanol–water partition coefficient (Wildman–Crippen LogP) is 1.44. The largest absolute Gasteiger partial charge is 0.447 e. The maximum absolute atomic E-state index is 13.3. The molecule has 1 N–H and O–H groups in total. The zero-order valence-corrected chi connectivity index (χ0v) is 18.3.